The van der Waals surface area contributed by atoms with Crippen LogP contribution in [0.2, 0.25) is 0 Å². The van der Waals surface area contributed by atoms with Crippen molar-refractivity contribution < 1.29 is 0 Å². The van der Waals surface area contributed by atoms with Crippen LogP contribution in [0, 0.1) is 11.8 Å². The van der Waals surface area contributed by atoms with Gasteiger partial charge in [0.2, 0.25) is 0 Å². The predicted octanol–water partition coefficient (Wildman–Crippen LogP) is 4.20. The Morgan fingerprint density at radius 2 is 1.86 bits per heavy atom. The molecule has 0 spiro atoms. The molecule has 0 aromatic carbocycles. The average molecular weight is 293 g/mol. The summed E-state index contributed by atoms with van der Waals surface area (Å²) in [6, 6.07) is 1.52. The van der Waals surface area contributed by atoms with E-state index in [1.54, 1.807) is 0 Å². The summed E-state index contributed by atoms with van der Waals surface area (Å²) in [5, 5.41) is 3.99. The number of nitrogens with one attached hydrogen (secondary N) is 1. The quantitative estimate of drug-likeness (QED) is 0.817. The molecule has 0 bridgehead atoms. The van der Waals surface area contributed by atoms with Gasteiger partial charge in [-0.15, -0.1) is 0 Å². The Morgan fingerprint density at radius 3 is 2.48 bits per heavy atom. The van der Waals surface area contributed by atoms with Gasteiger partial charge in [0.15, 0.2) is 0 Å². The van der Waals surface area contributed by atoms with Crippen molar-refractivity contribution in [2.24, 2.45) is 11.8 Å². The molecule has 0 aromatic rings. The van der Waals surface area contributed by atoms with Crippen LogP contribution in [-0.2, 0) is 0 Å². The van der Waals surface area contributed by atoms with Gasteiger partial charge in [-0.1, -0.05) is 32.6 Å². The number of hydrogen-bond donors (Lipinski definition) is 1. The maximum atomic E-state index is 3.99. The second-order valence-electron chi connectivity index (χ2n) is 8.31. The highest BCUT2D eigenvalue weighted by Gasteiger charge is 2.50. The minimum absolute atomic E-state index is 0.430. The molecule has 1 aliphatic heterocycles. The summed E-state index contributed by atoms with van der Waals surface area (Å²) in [6.07, 6.45) is 12.9. The first-order chi connectivity index (χ1) is 10.1. The van der Waals surface area contributed by atoms with Crippen molar-refractivity contribution in [3.8, 4) is 0 Å². The van der Waals surface area contributed by atoms with Crippen LogP contribution in [0.3, 0.4) is 0 Å². The predicted molar refractivity (Wildman–Crippen MR) is 90.6 cm³/mol. The second-order valence-corrected chi connectivity index (χ2v) is 8.31. The highest BCUT2D eigenvalue weighted by atomic mass is 15.3. The summed E-state index contributed by atoms with van der Waals surface area (Å²) in [5.74, 6) is 1.90. The Morgan fingerprint density at radius 1 is 1.14 bits per heavy atom. The van der Waals surface area contributed by atoms with Crippen molar-refractivity contribution in [3.05, 3.63) is 0 Å². The first kappa shape index (κ1) is 15.8. The summed E-state index contributed by atoms with van der Waals surface area (Å²) in [5.41, 5.74) is 0.430. The molecular formula is C19H36N2. The molecule has 0 radical (unpaired) electrons. The fourth-order valence-electron chi connectivity index (χ4n) is 5.12. The zero-order valence-corrected chi connectivity index (χ0v) is 14.5. The van der Waals surface area contributed by atoms with Crippen LogP contribution in [-0.4, -0.2) is 35.6 Å². The third kappa shape index (κ3) is 3.32. The lowest BCUT2D eigenvalue weighted by Crippen LogP contribution is -2.67. The van der Waals surface area contributed by atoms with Gasteiger partial charge in [-0.3, -0.25) is 4.90 Å². The van der Waals surface area contributed by atoms with Gasteiger partial charge in [-0.25, -0.2) is 0 Å². The maximum Gasteiger partial charge on any atom is 0.0337 e. The van der Waals surface area contributed by atoms with Gasteiger partial charge in [-0.2, -0.15) is 0 Å². The minimum Gasteiger partial charge on any atom is -0.311 e. The normalized spacial score (nSPS) is 37.6. The van der Waals surface area contributed by atoms with Crippen LogP contribution in [0.25, 0.3) is 0 Å². The Kier molecular flexibility index (Phi) is 4.95. The summed E-state index contributed by atoms with van der Waals surface area (Å²) >= 11 is 0. The van der Waals surface area contributed by atoms with E-state index in [9.17, 15) is 0 Å². The monoisotopic (exact) mass is 292 g/mol. The molecule has 1 heterocycles. The maximum absolute atomic E-state index is 3.99. The lowest BCUT2D eigenvalue weighted by atomic mass is 9.79. The summed E-state index contributed by atoms with van der Waals surface area (Å²) in [7, 11) is 0. The highest BCUT2D eigenvalue weighted by molar-refractivity contribution is 5.07. The molecule has 2 aliphatic carbocycles. The first-order valence-corrected chi connectivity index (χ1v) is 9.65. The molecule has 3 aliphatic rings. The Bertz CT molecular complexity index is 332. The van der Waals surface area contributed by atoms with Gasteiger partial charge in [0.25, 0.3) is 0 Å². The highest BCUT2D eigenvalue weighted by Crippen LogP contribution is 2.45. The van der Waals surface area contributed by atoms with E-state index >= 15 is 0 Å². The van der Waals surface area contributed by atoms with Crippen molar-refractivity contribution in [2.75, 3.05) is 13.1 Å². The van der Waals surface area contributed by atoms with E-state index in [0.717, 1.165) is 23.9 Å². The molecule has 3 atom stereocenters. The van der Waals surface area contributed by atoms with Gasteiger partial charge in [0, 0.05) is 30.7 Å². The van der Waals surface area contributed by atoms with E-state index in [1.807, 2.05) is 0 Å². The van der Waals surface area contributed by atoms with E-state index in [-0.39, 0.29) is 0 Å². The van der Waals surface area contributed by atoms with Crippen LogP contribution in [0.4, 0.5) is 0 Å². The van der Waals surface area contributed by atoms with Gasteiger partial charge < -0.3 is 5.32 Å². The minimum atomic E-state index is 0.430. The molecule has 122 valence electrons. The van der Waals surface area contributed by atoms with Gasteiger partial charge in [0.1, 0.15) is 0 Å². The SMILES string of the molecule is CCCC(C)N1CC(C2CCCCC2)NCC1(C)C1CC1. The number of nitrogens with zero attached hydrogens (tertiary/aromatic N) is 1. The van der Waals surface area contributed by atoms with Crippen molar-refractivity contribution in [1.29, 1.82) is 0 Å². The molecule has 2 saturated carbocycles. The van der Waals surface area contributed by atoms with Crippen molar-refractivity contribution in [1.82, 2.24) is 10.2 Å². The Hall–Kier alpha value is -0.0800. The van der Waals surface area contributed by atoms with Gasteiger partial charge in [-0.05, 0) is 57.8 Å². The first-order valence-electron chi connectivity index (χ1n) is 9.65. The molecule has 21 heavy (non-hydrogen) atoms. The number of rotatable bonds is 5. The van der Waals surface area contributed by atoms with Crippen LogP contribution < -0.4 is 5.32 Å². The van der Waals surface area contributed by atoms with Gasteiger partial charge in [0.05, 0.1) is 0 Å². The smallest absolute Gasteiger partial charge is 0.0337 e. The summed E-state index contributed by atoms with van der Waals surface area (Å²) in [4.78, 5) is 2.92. The molecule has 1 N–H and O–H groups in total. The lowest BCUT2D eigenvalue weighted by Gasteiger charge is -2.53. The van der Waals surface area contributed by atoms with E-state index in [0.29, 0.717) is 5.54 Å². The molecule has 0 aromatic heterocycles. The topological polar surface area (TPSA) is 15.3 Å². The second kappa shape index (κ2) is 6.58. The third-order valence-electron chi connectivity index (χ3n) is 6.69. The van der Waals surface area contributed by atoms with E-state index in [2.05, 4.69) is 31.0 Å². The molecular weight excluding hydrogens is 256 g/mol. The number of piperazine rings is 1. The molecule has 1 saturated heterocycles. The van der Waals surface area contributed by atoms with E-state index < -0.39 is 0 Å². The average Bonchev–Trinajstić information content (AvgIpc) is 3.34. The molecule has 0 amide bonds. The summed E-state index contributed by atoms with van der Waals surface area (Å²) in [6.45, 7) is 9.89. The molecule has 3 fully saturated rings. The third-order valence-corrected chi connectivity index (χ3v) is 6.69. The lowest BCUT2D eigenvalue weighted by molar-refractivity contribution is -0.0129. The van der Waals surface area contributed by atoms with Crippen LogP contribution in [0.5, 0.6) is 0 Å². The Labute approximate surface area is 132 Å². The summed E-state index contributed by atoms with van der Waals surface area (Å²) < 4.78 is 0. The van der Waals surface area contributed by atoms with Crippen LogP contribution in [0.1, 0.15) is 78.6 Å². The van der Waals surface area contributed by atoms with Gasteiger partial charge >= 0.3 is 0 Å². The van der Waals surface area contributed by atoms with Crippen molar-refractivity contribution >= 4 is 0 Å². The zero-order chi connectivity index (χ0) is 14.9. The number of hydrogen-bond acceptors (Lipinski definition) is 2. The molecule has 3 rings (SSSR count). The standard InChI is InChI=1S/C19H36N2/c1-4-8-15(2)21-13-18(16-9-6-5-7-10-16)20-14-19(21,3)17-11-12-17/h15-18,20H,4-14H2,1-3H3. The molecule has 3 unspecified atom stereocenters. The van der Waals surface area contributed by atoms with Crippen LogP contribution in [0.15, 0.2) is 0 Å². The van der Waals surface area contributed by atoms with E-state index in [4.69, 9.17) is 0 Å². The van der Waals surface area contributed by atoms with E-state index in [1.165, 1.54) is 70.9 Å². The fraction of sp³-hybridized carbons (Fsp3) is 1.00. The molecule has 2 nitrogen and oxygen atoms in total. The molecule has 2 heteroatoms. The Balaban J connectivity index is 1.69. The zero-order valence-electron chi connectivity index (χ0n) is 14.5. The fourth-order valence-corrected chi connectivity index (χ4v) is 5.12. The largest absolute Gasteiger partial charge is 0.311 e. The van der Waals surface area contributed by atoms with Crippen LogP contribution >= 0.6 is 0 Å². The van der Waals surface area contributed by atoms with Crippen molar-refractivity contribution in [3.63, 3.8) is 0 Å². The van der Waals surface area contributed by atoms with Crippen molar-refractivity contribution in [2.45, 2.75) is 96.2 Å².